The fraction of sp³-hybridized carbons (Fsp3) is 0.0476. The van der Waals surface area contributed by atoms with Crippen LogP contribution in [0.2, 0.25) is 5.02 Å². The Hall–Kier alpha value is -2.87. The van der Waals surface area contributed by atoms with Gasteiger partial charge in [-0.3, -0.25) is 14.7 Å². The van der Waals surface area contributed by atoms with Crippen molar-refractivity contribution in [2.24, 2.45) is 0 Å². The zero-order valence-electron chi connectivity index (χ0n) is 14.9. The lowest BCUT2D eigenvalue weighted by Crippen LogP contribution is -2.30. The van der Waals surface area contributed by atoms with Crippen molar-refractivity contribution in [3.05, 3.63) is 82.6 Å². The normalized spacial score (nSPS) is 11.2. The first-order chi connectivity index (χ1) is 14.2. The number of hydrogen-bond acceptors (Lipinski definition) is 6. The fourth-order valence-corrected chi connectivity index (χ4v) is 5.18. The van der Waals surface area contributed by atoms with Crippen LogP contribution in [0.3, 0.4) is 0 Å². The molecule has 0 radical (unpaired) electrons. The second-order valence-electron chi connectivity index (χ2n) is 6.32. The minimum atomic E-state index is -0.190. The highest BCUT2D eigenvalue weighted by Crippen LogP contribution is 2.34. The lowest BCUT2D eigenvalue weighted by atomic mass is 10.2. The molecule has 0 atom stereocenters. The molecule has 0 fully saturated rings. The summed E-state index contributed by atoms with van der Waals surface area (Å²) in [5.74, 6) is -0.190. The van der Waals surface area contributed by atoms with Crippen molar-refractivity contribution in [2.75, 3.05) is 4.90 Å². The number of carbonyl (C=O) groups is 1. The summed E-state index contributed by atoms with van der Waals surface area (Å²) in [6.07, 6.45) is 3.46. The highest BCUT2D eigenvalue weighted by molar-refractivity contribution is 7.23. The molecule has 0 aliphatic heterocycles. The molecular weight excluding hydrogens is 424 g/mol. The van der Waals surface area contributed by atoms with Crippen molar-refractivity contribution >= 4 is 65.7 Å². The van der Waals surface area contributed by atoms with E-state index < -0.39 is 0 Å². The third-order valence-electron chi connectivity index (χ3n) is 4.37. The summed E-state index contributed by atoms with van der Waals surface area (Å²) in [6, 6.07) is 17.2. The number of para-hydroxylation sites is 2. The van der Waals surface area contributed by atoms with E-state index in [2.05, 4.69) is 15.0 Å². The smallest absolute Gasteiger partial charge is 0.277 e. The molecule has 0 bridgehead atoms. The number of halogens is 1. The number of anilines is 1. The molecule has 3 heterocycles. The van der Waals surface area contributed by atoms with E-state index in [0.29, 0.717) is 27.2 Å². The number of thiazole rings is 2. The van der Waals surface area contributed by atoms with Gasteiger partial charge in [-0.05, 0) is 35.9 Å². The van der Waals surface area contributed by atoms with Gasteiger partial charge in [-0.25, -0.2) is 9.97 Å². The Labute approximate surface area is 179 Å². The van der Waals surface area contributed by atoms with E-state index in [0.717, 1.165) is 20.5 Å². The first-order valence-corrected chi connectivity index (χ1v) is 10.8. The fourth-order valence-electron chi connectivity index (χ4n) is 3.00. The van der Waals surface area contributed by atoms with Crippen LogP contribution < -0.4 is 4.90 Å². The Kier molecular flexibility index (Phi) is 4.71. The van der Waals surface area contributed by atoms with Crippen molar-refractivity contribution in [3.8, 4) is 0 Å². The summed E-state index contributed by atoms with van der Waals surface area (Å²) >= 11 is 9.12. The summed E-state index contributed by atoms with van der Waals surface area (Å²) in [6.45, 7) is 0.347. The largest absolute Gasteiger partial charge is 0.289 e. The van der Waals surface area contributed by atoms with Crippen molar-refractivity contribution in [2.45, 2.75) is 6.54 Å². The van der Waals surface area contributed by atoms with Gasteiger partial charge >= 0.3 is 0 Å². The van der Waals surface area contributed by atoms with Crippen molar-refractivity contribution in [1.29, 1.82) is 0 Å². The van der Waals surface area contributed by atoms with Gasteiger partial charge in [-0.15, -0.1) is 11.3 Å². The molecule has 0 unspecified atom stereocenters. The summed E-state index contributed by atoms with van der Waals surface area (Å²) < 4.78 is 1.91. The topological polar surface area (TPSA) is 59.0 Å². The third kappa shape index (κ3) is 3.48. The van der Waals surface area contributed by atoms with Crippen LogP contribution in [0.1, 0.15) is 15.4 Å². The standard InChI is InChI=1S/C21H13ClN4OS2/c22-14-6-3-9-17-18(14)25-21(29-17)26(12-13-5-4-10-23-11-13)20(27)19-24-15-7-1-2-8-16(15)28-19/h1-11H,12H2. The van der Waals surface area contributed by atoms with E-state index >= 15 is 0 Å². The van der Waals surface area contributed by atoms with Gasteiger partial charge in [-0.1, -0.05) is 47.2 Å². The monoisotopic (exact) mass is 436 g/mol. The molecule has 3 aromatic heterocycles. The van der Waals surface area contributed by atoms with Crippen LogP contribution in [0.25, 0.3) is 20.4 Å². The second-order valence-corrected chi connectivity index (χ2v) is 8.77. The maximum absolute atomic E-state index is 13.5. The molecule has 0 N–H and O–H groups in total. The predicted octanol–water partition coefficient (Wildman–Crippen LogP) is 5.80. The molecule has 8 heteroatoms. The Morgan fingerprint density at radius 3 is 2.62 bits per heavy atom. The molecule has 0 saturated heterocycles. The van der Waals surface area contributed by atoms with Crippen LogP contribution in [-0.2, 0) is 6.54 Å². The van der Waals surface area contributed by atoms with Crippen molar-refractivity contribution in [3.63, 3.8) is 0 Å². The van der Waals surface area contributed by atoms with Gasteiger partial charge in [0, 0.05) is 12.4 Å². The molecule has 5 aromatic rings. The number of nitrogens with zero attached hydrogens (tertiary/aromatic N) is 4. The van der Waals surface area contributed by atoms with Crippen LogP contribution in [0.15, 0.2) is 67.0 Å². The Bertz CT molecular complexity index is 1300. The van der Waals surface area contributed by atoms with E-state index in [-0.39, 0.29) is 5.91 Å². The van der Waals surface area contributed by atoms with E-state index in [9.17, 15) is 4.79 Å². The Morgan fingerprint density at radius 1 is 0.966 bits per heavy atom. The lowest BCUT2D eigenvalue weighted by molar-refractivity contribution is 0.0985. The number of hydrogen-bond donors (Lipinski definition) is 0. The Morgan fingerprint density at radius 2 is 1.83 bits per heavy atom. The highest BCUT2D eigenvalue weighted by atomic mass is 35.5. The SMILES string of the molecule is O=C(c1nc2ccccc2s1)N(Cc1cccnc1)c1nc2c(Cl)cccc2s1. The average molecular weight is 437 g/mol. The van der Waals surface area contributed by atoms with Crippen LogP contribution in [0.4, 0.5) is 5.13 Å². The molecule has 5 nitrogen and oxygen atoms in total. The number of aromatic nitrogens is 3. The molecule has 0 aliphatic rings. The maximum Gasteiger partial charge on any atom is 0.289 e. The molecule has 0 aliphatic carbocycles. The summed E-state index contributed by atoms with van der Waals surface area (Å²) in [5.41, 5.74) is 2.42. The van der Waals surface area contributed by atoms with Gasteiger partial charge in [0.05, 0.1) is 26.5 Å². The molecular formula is C21H13ClN4OS2. The molecule has 29 heavy (non-hydrogen) atoms. The lowest BCUT2D eigenvalue weighted by Gasteiger charge is -2.18. The number of carbonyl (C=O) groups excluding carboxylic acids is 1. The first kappa shape index (κ1) is 18.2. The number of benzene rings is 2. The maximum atomic E-state index is 13.5. The van der Waals surface area contributed by atoms with Crippen molar-refractivity contribution < 1.29 is 4.79 Å². The number of pyridine rings is 1. The molecule has 0 saturated carbocycles. The average Bonchev–Trinajstić information content (AvgIpc) is 3.37. The zero-order valence-corrected chi connectivity index (χ0v) is 17.3. The first-order valence-electron chi connectivity index (χ1n) is 8.80. The highest BCUT2D eigenvalue weighted by Gasteiger charge is 2.25. The number of rotatable bonds is 4. The van der Waals surface area contributed by atoms with Gasteiger partial charge in [0.2, 0.25) is 0 Å². The molecule has 1 amide bonds. The second kappa shape index (κ2) is 7.51. The van der Waals surface area contributed by atoms with Crippen LogP contribution in [-0.4, -0.2) is 20.9 Å². The number of amides is 1. The van der Waals surface area contributed by atoms with Gasteiger partial charge in [0.15, 0.2) is 10.1 Å². The van der Waals surface area contributed by atoms with Gasteiger partial charge in [0.1, 0.15) is 5.52 Å². The summed E-state index contributed by atoms with van der Waals surface area (Å²) in [7, 11) is 0. The van der Waals surface area contributed by atoms with E-state index in [1.54, 1.807) is 23.4 Å². The van der Waals surface area contributed by atoms with Gasteiger partial charge < -0.3 is 0 Å². The van der Waals surface area contributed by atoms with Crippen LogP contribution >= 0.6 is 34.3 Å². The number of fused-ring (bicyclic) bond motifs is 2. The van der Waals surface area contributed by atoms with Crippen LogP contribution in [0.5, 0.6) is 0 Å². The van der Waals surface area contributed by atoms with Gasteiger partial charge in [0.25, 0.3) is 5.91 Å². The molecule has 142 valence electrons. The molecule has 5 rings (SSSR count). The van der Waals surface area contributed by atoms with Crippen molar-refractivity contribution in [1.82, 2.24) is 15.0 Å². The molecule has 2 aromatic carbocycles. The minimum Gasteiger partial charge on any atom is -0.277 e. The van der Waals surface area contributed by atoms with Crippen LogP contribution in [0, 0.1) is 0 Å². The zero-order chi connectivity index (χ0) is 19.8. The van der Waals surface area contributed by atoms with Gasteiger partial charge in [-0.2, -0.15) is 0 Å². The third-order valence-corrected chi connectivity index (χ3v) is 6.75. The predicted molar refractivity (Wildman–Crippen MR) is 119 cm³/mol. The minimum absolute atomic E-state index is 0.190. The van der Waals surface area contributed by atoms with E-state index in [1.165, 1.54) is 22.7 Å². The molecule has 0 spiro atoms. The summed E-state index contributed by atoms with van der Waals surface area (Å²) in [4.78, 5) is 28.5. The summed E-state index contributed by atoms with van der Waals surface area (Å²) in [5, 5.41) is 1.58. The quantitative estimate of drug-likeness (QED) is 0.357. The van der Waals surface area contributed by atoms with E-state index in [1.807, 2.05) is 48.5 Å². The Balaban J connectivity index is 1.60. The van der Waals surface area contributed by atoms with E-state index in [4.69, 9.17) is 11.6 Å².